The summed E-state index contributed by atoms with van der Waals surface area (Å²) in [6.45, 7) is 1.26. The van der Waals surface area contributed by atoms with Crippen LogP contribution in [0.4, 0.5) is 0 Å². The van der Waals surface area contributed by atoms with E-state index in [0.717, 1.165) is 11.6 Å². The van der Waals surface area contributed by atoms with Crippen LogP contribution in [0.15, 0.2) is 53.3 Å². The second-order valence-electron chi connectivity index (χ2n) is 5.66. The molecule has 25 heavy (non-hydrogen) atoms. The van der Waals surface area contributed by atoms with Crippen molar-refractivity contribution in [2.45, 2.75) is 13.1 Å². The van der Waals surface area contributed by atoms with E-state index in [-0.39, 0.29) is 11.1 Å². The van der Waals surface area contributed by atoms with Crippen molar-refractivity contribution >= 4 is 16.9 Å². The Kier molecular flexibility index (Phi) is 4.81. The van der Waals surface area contributed by atoms with Gasteiger partial charge < -0.3 is 20.1 Å². The third-order valence-corrected chi connectivity index (χ3v) is 3.91. The fourth-order valence-electron chi connectivity index (χ4n) is 2.70. The van der Waals surface area contributed by atoms with Gasteiger partial charge >= 0.3 is 5.97 Å². The number of hydrogen-bond donors (Lipinski definition) is 3. The summed E-state index contributed by atoms with van der Waals surface area (Å²) in [5.74, 6) is -0.746. The lowest BCUT2D eigenvalue weighted by Crippen LogP contribution is -2.14. The van der Waals surface area contributed by atoms with E-state index < -0.39 is 5.97 Å². The highest BCUT2D eigenvalue weighted by atomic mass is 16.5. The van der Waals surface area contributed by atoms with Gasteiger partial charge in [0.1, 0.15) is 11.4 Å². The number of benzene rings is 2. The van der Waals surface area contributed by atoms with E-state index in [1.807, 2.05) is 30.3 Å². The summed E-state index contributed by atoms with van der Waals surface area (Å²) >= 11 is 0. The predicted molar refractivity (Wildman–Crippen MR) is 95.1 cm³/mol. The minimum absolute atomic E-state index is 0.161. The molecule has 0 atom stereocenters. The maximum absolute atomic E-state index is 12.3. The zero-order valence-electron chi connectivity index (χ0n) is 13.7. The first-order valence-corrected chi connectivity index (χ1v) is 7.80. The number of methoxy groups -OCH3 is 1. The highest BCUT2D eigenvalue weighted by Gasteiger charge is 2.12. The predicted octanol–water partition coefficient (Wildman–Crippen LogP) is 2.52. The van der Waals surface area contributed by atoms with Crippen molar-refractivity contribution in [3.63, 3.8) is 0 Å². The number of pyridine rings is 1. The molecule has 6 heteroatoms. The third-order valence-electron chi connectivity index (χ3n) is 3.91. The molecule has 0 saturated heterocycles. The minimum Gasteiger partial charge on any atom is -0.495 e. The summed E-state index contributed by atoms with van der Waals surface area (Å²) in [5.41, 5.74) is 1.92. The van der Waals surface area contributed by atoms with E-state index in [4.69, 9.17) is 9.84 Å². The van der Waals surface area contributed by atoms with Crippen LogP contribution in [0.2, 0.25) is 0 Å². The third kappa shape index (κ3) is 3.70. The largest absolute Gasteiger partial charge is 0.495 e. The first-order chi connectivity index (χ1) is 12.1. The smallest absolute Gasteiger partial charge is 0.352 e. The quantitative estimate of drug-likeness (QED) is 0.642. The number of ether oxygens (including phenoxy) is 1. The molecular weight excluding hydrogens is 320 g/mol. The van der Waals surface area contributed by atoms with Gasteiger partial charge in [-0.2, -0.15) is 0 Å². The molecule has 0 radical (unpaired) electrons. The SMILES string of the molecule is COc1cc(CNCc2ccccc2)cc2c(=O)cc(C(=O)O)[nH]c12. The number of carboxylic acids is 1. The van der Waals surface area contributed by atoms with Crippen LogP contribution in [0.5, 0.6) is 5.75 Å². The Morgan fingerprint density at radius 1 is 1.12 bits per heavy atom. The normalized spacial score (nSPS) is 10.8. The second kappa shape index (κ2) is 7.19. The fraction of sp³-hybridized carbons (Fsp3) is 0.158. The lowest BCUT2D eigenvalue weighted by Gasteiger charge is -2.11. The molecule has 128 valence electrons. The van der Waals surface area contributed by atoms with E-state index in [0.29, 0.717) is 29.7 Å². The summed E-state index contributed by atoms with van der Waals surface area (Å²) in [6, 6.07) is 14.6. The standard InChI is InChI=1S/C19H18N2O4/c1-25-17-8-13(11-20-10-12-5-3-2-4-6-12)7-14-16(22)9-15(19(23)24)21-18(14)17/h2-9,20H,10-11H2,1H3,(H,21,22)(H,23,24). The van der Waals surface area contributed by atoms with Crippen LogP contribution in [0.25, 0.3) is 10.9 Å². The minimum atomic E-state index is -1.19. The number of carbonyl (C=O) groups is 1. The molecule has 0 bridgehead atoms. The zero-order chi connectivity index (χ0) is 17.8. The van der Waals surface area contributed by atoms with Crippen molar-refractivity contribution in [2.24, 2.45) is 0 Å². The van der Waals surface area contributed by atoms with Crippen molar-refractivity contribution < 1.29 is 14.6 Å². The highest BCUT2D eigenvalue weighted by Crippen LogP contribution is 2.24. The van der Waals surface area contributed by atoms with Gasteiger partial charge in [-0.05, 0) is 23.3 Å². The molecule has 6 nitrogen and oxygen atoms in total. The summed E-state index contributed by atoms with van der Waals surface area (Å²) < 4.78 is 5.33. The maximum Gasteiger partial charge on any atom is 0.352 e. The molecule has 3 rings (SSSR count). The lowest BCUT2D eigenvalue weighted by atomic mass is 10.1. The van der Waals surface area contributed by atoms with Crippen LogP contribution >= 0.6 is 0 Å². The van der Waals surface area contributed by atoms with Crippen LogP contribution in [-0.4, -0.2) is 23.2 Å². The first-order valence-electron chi connectivity index (χ1n) is 7.80. The van der Waals surface area contributed by atoms with Gasteiger partial charge in [0, 0.05) is 24.5 Å². The number of rotatable bonds is 6. The van der Waals surface area contributed by atoms with Crippen LogP contribution < -0.4 is 15.5 Å². The topological polar surface area (TPSA) is 91.4 Å². The van der Waals surface area contributed by atoms with Crippen molar-refractivity contribution in [3.05, 3.63) is 75.6 Å². The number of fused-ring (bicyclic) bond motifs is 1. The number of aromatic nitrogens is 1. The van der Waals surface area contributed by atoms with Crippen LogP contribution in [-0.2, 0) is 13.1 Å². The molecule has 1 heterocycles. The zero-order valence-corrected chi connectivity index (χ0v) is 13.7. The van der Waals surface area contributed by atoms with E-state index in [9.17, 15) is 9.59 Å². The Bertz CT molecular complexity index is 964. The molecule has 0 aliphatic carbocycles. The molecule has 1 aromatic heterocycles. The number of hydrogen-bond acceptors (Lipinski definition) is 4. The van der Waals surface area contributed by atoms with Gasteiger partial charge in [0.25, 0.3) is 0 Å². The molecule has 0 aliphatic rings. The van der Waals surface area contributed by atoms with Gasteiger partial charge in [-0.25, -0.2) is 4.79 Å². The molecule has 0 aliphatic heterocycles. The summed E-state index contributed by atoms with van der Waals surface area (Å²) in [4.78, 5) is 26.1. The number of H-pyrrole nitrogens is 1. The van der Waals surface area contributed by atoms with Crippen molar-refractivity contribution in [1.29, 1.82) is 0 Å². The Morgan fingerprint density at radius 2 is 1.84 bits per heavy atom. The van der Waals surface area contributed by atoms with Gasteiger partial charge in [-0.1, -0.05) is 30.3 Å². The Balaban J connectivity index is 1.89. The van der Waals surface area contributed by atoms with Crippen LogP contribution in [0.3, 0.4) is 0 Å². The first kappa shape index (κ1) is 16.7. The molecule has 0 amide bonds. The average molecular weight is 338 g/mol. The Morgan fingerprint density at radius 3 is 2.52 bits per heavy atom. The van der Waals surface area contributed by atoms with Crippen molar-refractivity contribution in [1.82, 2.24) is 10.3 Å². The van der Waals surface area contributed by atoms with E-state index >= 15 is 0 Å². The molecule has 0 saturated carbocycles. The molecule has 0 unspecified atom stereocenters. The van der Waals surface area contributed by atoms with E-state index in [2.05, 4.69) is 10.3 Å². The Labute approximate surface area is 144 Å². The van der Waals surface area contributed by atoms with Gasteiger partial charge in [-0.3, -0.25) is 4.79 Å². The van der Waals surface area contributed by atoms with Crippen LogP contribution in [0, 0.1) is 0 Å². The average Bonchev–Trinajstić information content (AvgIpc) is 2.62. The summed E-state index contributed by atoms with van der Waals surface area (Å²) in [6.07, 6.45) is 0. The number of aromatic carboxylic acids is 1. The van der Waals surface area contributed by atoms with Crippen molar-refractivity contribution in [3.8, 4) is 5.75 Å². The Hall–Kier alpha value is -3.12. The highest BCUT2D eigenvalue weighted by molar-refractivity contribution is 5.92. The second-order valence-corrected chi connectivity index (χ2v) is 5.66. The number of nitrogens with one attached hydrogen (secondary N) is 2. The molecule has 3 aromatic rings. The molecule has 2 aromatic carbocycles. The molecular formula is C19H18N2O4. The van der Waals surface area contributed by atoms with Gasteiger partial charge in [0.15, 0.2) is 5.43 Å². The van der Waals surface area contributed by atoms with Gasteiger partial charge in [0.05, 0.1) is 12.6 Å². The molecule has 0 fully saturated rings. The monoisotopic (exact) mass is 338 g/mol. The van der Waals surface area contributed by atoms with Crippen molar-refractivity contribution in [2.75, 3.05) is 7.11 Å². The van der Waals surface area contributed by atoms with E-state index in [1.54, 1.807) is 12.1 Å². The number of aromatic amines is 1. The van der Waals surface area contributed by atoms with Crippen LogP contribution in [0.1, 0.15) is 21.6 Å². The summed E-state index contributed by atoms with van der Waals surface area (Å²) in [5, 5.41) is 12.8. The number of carboxylic acid groups (broad SMARTS) is 1. The summed E-state index contributed by atoms with van der Waals surface area (Å²) in [7, 11) is 1.49. The molecule has 3 N–H and O–H groups in total. The lowest BCUT2D eigenvalue weighted by molar-refractivity contribution is 0.0691. The van der Waals surface area contributed by atoms with Gasteiger partial charge in [-0.15, -0.1) is 0 Å². The maximum atomic E-state index is 12.3. The molecule has 0 spiro atoms. The van der Waals surface area contributed by atoms with E-state index in [1.165, 1.54) is 12.7 Å². The van der Waals surface area contributed by atoms with Gasteiger partial charge in [0.2, 0.25) is 0 Å². The fourth-order valence-corrected chi connectivity index (χ4v) is 2.70.